The van der Waals surface area contributed by atoms with Crippen molar-refractivity contribution < 1.29 is 4.79 Å². The molecule has 1 amide bonds. The first-order valence-electron chi connectivity index (χ1n) is 3.98. The Balaban J connectivity index is 2.79. The van der Waals surface area contributed by atoms with Crippen molar-refractivity contribution in [1.29, 1.82) is 0 Å². The van der Waals surface area contributed by atoms with Crippen LogP contribution >= 0.6 is 31.9 Å². The molecule has 7 heteroatoms. The van der Waals surface area contributed by atoms with Crippen molar-refractivity contribution in [1.82, 2.24) is 20.3 Å². The van der Waals surface area contributed by atoms with E-state index in [1.807, 2.05) is 6.92 Å². The van der Waals surface area contributed by atoms with Crippen molar-refractivity contribution in [3.8, 4) is 0 Å². The number of hydrogen-bond donors (Lipinski definition) is 1. The molecule has 0 aliphatic carbocycles. The van der Waals surface area contributed by atoms with Gasteiger partial charge in [0.1, 0.15) is 0 Å². The van der Waals surface area contributed by atoms with Crippen LogP contribution in [0.3, 0.4) is 0 Å². The minimum absolute atomic E-state index is 0.0734. The maximum Gasteiger partial charge on any atom is 0.272 e. The van der Waals surface area contributed by atoms with Crippen LogP contribution in [0.5, 0.6) is 0 Å². The van der Waals surface area contributed by atoms with Crippen molar-refractivity contribution in [2.45, 2.75) is 13.0 Å². The van der Waals surface area contributed by atoms with Gasteiger partial charge in [0.15, 0.2) is 10.3 Å². The first-order chi connectivity index (χ1) is 6.56. The van der Waals surface area contributed by atoms with E-state index in [0.29, 0.717) is 15.6 Å². The SMILES string of the molecule is CC(CBr)NC(=O)c1c(Br)nnn1C. The van der Waals surface area contributed by atoms with Gasteiger partial charge in [-0.1, -0.05) is 21.1 Å². The lowest BCUT2D eigenvalue weighted by atomic mass is 10.3. The Kier molecular flexibility index (Phi) is 4.06. The topological polar surface area (TPSA) is 59.8 Å². The predicted octanol–water partition coefficient (Wildman–Crippen LogP) is 1.09. The van der Waals surface area contributed by atoms with E-state index >= 15 is 0 Å². The van der Waals surface area contributed by atoms with Crippen molar-refractivity contribution in [2.75, 3.05) is 5.33 Å². The molecular formula is C7H10Br2N4O. The molecule has 1 aromatic rings. The Morgan fingerprint density at radius 1 is 1.71 bits per heavy atom. The molecule has 5 nitrogen and oxygen atoms in total. The molecule has 1 heterocycles. The van der Waals surface area contributed by atoms with E-state index in [1.54, 1.807) is 7.05 Å². The number of carbonyl (C=O) groups excluding carboxylic acids is 1. The summed E-state index contributed by atoms with van der Waals surface area (Å²) in [5.41, 5.74) is 0.429. The Hall–Kier alpha value is -0.430. The third-order valence-electron chi connectivity index (χ3n) is 1.61. The molecular weight excluding hydrogens is 316 g/mol. The van der Waals surface area contributed by atoms with E-state index in [-0.39, 0.29) is 11.9 Å². The minimum Gasteiger partial charge on any atom is -0.347 e. The van der Waals surface area contributed by atoms with Crippen molar-refractivity contribution in [2.24, 2.45) is 7.05 Å². The average molecular weight is 326 g/mol. The van der Waals surface area contributed by atoms with Crippen LogP contribution in [0.1, 0.15) is 17.4 Å². The second-order valence-electron chi connectivity index (χ2n) is 2.88. The fourth-order valence-electron chi connectivity index (χ4n) is 0.903. The Labute approximate surface area is 98.5 Å². The largest absolute Gasteiger partial charge is 0.347 e. The van der Waals surface area contributed by atoms with E-state index in [9.17, 15) is 4.79 Å². The molecule has 1 N–H and O–H groups in total. The third kappa shape index (κ3) is 2.54. The summed E-state index contributed by atoms with van der Waals surface area (Å²) in [7, 11) is 1.67. The molecule has 0 saturated carbocycles. The fraction of sp³-hybridized carbons (Fsp3) is 0.571. The highest BCUT2D eigenvalue weighted by atomic mass is 79.9. The van der Waals surface area contributed by atoms with Crippen molar-refractivity contribution in [3.05, 3.63) is 10.3 Å². The van der Waals surface area contributed by atoms with E-state index in [1.165, 1.54) is 4.68 Å². The Bertz CT molecular complexity index is 319. The molecule has 1 rings (SSSR count). The van der Waals surface area contributed by atoms with E-state index < -0.39 is 0 Å². The molecule has 0 fully saturated rings. The molecule has 1 unspecified atom stereocenters. The molecule has 78 valence electrons. The summed E-state index contributed by atoms with van der Waals surface area (Å²) in [4.78, 5) is 11.7. The van der Waals surface area contributed by atoms with E-state index in [4.69, 9.17) is 0 Å². The highest BCUT2D eigenvalue weighted by Gasteiger charge is 2.17. The summed E-state index contributed by atoms with van der Waals surface area (Å²) in [5.74, 6) is -0.184. The lowest BCUT2D eigenvalue weighted by Crippen LogP contribution is -2.34. The number of rotatable bonds is 3. The van der Waals surface area contributed by atoms with Gasteiger partial charge in [0.2, 0.25) is 0 Å². The summed E-state index contributed by atoms with van der Waals surface area (Å²) in [6.45, 7) is 1.91. The number of carbonyl (C=O) groups is 1. The maximum atomic E-state index is 11.7. The van der Waals surface area contributed by atoms with Crippen LogP contribution in [0, 0.1) is 0 Å². The number of nitrogens with one attached hydrogen (secondary N) is 1. The monoisotopic (exact) mass is 324 g/mol. The first kappa shape index (κ1) is 11.6. The quantitative estimate of drug-likeness (QED) is 0.846. The maximum absolute atomic E-state index is 11.7. The van der Waals surface area contributed by atoms with Crippen molar-refractivity contribution in [3.63, 3.8) is 0 Å². The molecule has 0 aliphatic heterocycles. The van der Waals surface area contributed by atoms with Gasteiger partial charge in [0, 0.05) is 18.4 Å². The Morgan fingerprint density at radius 3 is 2.79 bits per heavy atom. The molecule has 0 aliphatic rings. The van der Waals surface area contributed by atoms with Gasteiger partial charge in [0.25, 0.3) is 5.91 Å². The summed E-state index contributed by atoms with van der Waals surface area (Å²) < 4.78 is 1.89. The zero-order valence-electron chi connectivity index (χ0n) is 7.79. The van der Waals surface area contributed by atoms with E-state index in [2.05, 4.69) is 47.5 Å². The summed E-state index contributed by atoms with van der Waals surface area (Å²) in [6.07, 6.45) is 0. The van der Waals surface area contributed by atoms with Gasteiger partial charge in [-0.2, -0.15) is 0 Å². The highest BCUT2D eigenvalue weighted by molar-refractivity contribution is 9.10. The van der Waals surface area contributed by atoms with Crippen LogP contribution in [-0.2, 0) is 7.05 Å². The van der Waals surface area contributed by atoms with Gasteiger partial charge >= 0.3 is 0 Å². The van der Waals surface area contributed by atoms with Gasteiger partial charge < -0.3 is 5.32 Å². The number of aromatic nitrogens is 3. The van der Waals surface area contributed by atoms with Crippen LogP contribution in [-0.4, -0.2) is 32.3 Å². The highest BCUT2D eigenvalue weighted by Crippen LogP contribution is 2.11. The molecule has 0 aromatic carbocycles. The molecule has 1 atom stereocenters. The van der Waals surface area contributed by atoms with Gasteiger partial charge in [-0.25, -0.2) is 4.68 Å². The summed E-state index contributed by atoms with van der Waals surface area (Å²) in [6, 6.07) is 0.0734. The van der Waals surface area contributed by atoms with Gasteiger partial charge in [0.05, 0.1) is 0 Å². The van der Waals surface area contributed by atoms with E-state index in [0.717, 1.165) is 0 Å². The lowest BCUT2D eigenvalue weighted by molar-refractivity contribution is 0.0933. The molecule has 0 spiro atoms. The number of halogens is 2. The zero-order chi connectivity index (χ0) is 10.7. The van der Waals surface area contributed by atoms with Crippen LogP contribution in [0.25, 0.3) is 0 Å². The third-order valence-corrected chi connectivity index (χ3v) is 3.12. The van der Waals surface area contributed by atoms with Gasteiger partial charge in [-0.15, -0.1) is 5.10 Å². The first-order valence-corrected chi connectivity index (χ1v) is 5.89. The molecule has 0 radical (unpaired) electrons. The van der Waals surface area contributed by atoms with Gasteiger partial charge in [-0.3, -0.25) is 4.79 Å². The normalized spacial score (nSPS) is 12.6. The Morgan fingerprint density at radius 2 is 2.36 bits per heavy atom. The van der Waals surface area contributed by atoms with Crippen LogP contribution in [0.4, 0.5) is 0 Å². The summed E-state index contributed by atoms with van der Waals surface area (Å²) >= 11 is 6.44. The number of aryl methyl sites for hydroxylation is 1. The second-order valence-corrected chi connectivity index (χ2v) is 4.28. The molecule has 0 saturated heterocycles. The van der Waals surface area contributed by atoms with Crippen LogP contribution in [0.15, 0.2) is 4.60 Å². The summed E-state index contributed by atoms with van der Waals surface area (Å²) in [5, 5.41) is 11.0. The number of alkyl halides is 1. The van der Waals surface area contributed by atoms with Crippen LogP contribution in [0.2, 0.25) is 0 Å². The number of hydrogen-bond acceptors (Lipinski definition) is 3. The molecule has 0 bridgehead atoms. The lowest BCUT2D eigenvalue weighted by Gasteiger charge is -2.10. The smallest absolute Gasteiger partial charge is 0.272 e. The zero-order valence-corrected chi connectivity index (χ0v) is 11.0. The van der Waals surface area contributed by atoms with Crippen molar-refractivity contribution >= 4 is 37.8 Å². The number of amides is 1. The molecule has 14 heavy (non-hydrogen) atoms. The second kappa shape index (κ2) is 4.88. The standard InChI is InChI=1S/C7H10Br2N4O/c1-4(3-8)10-7(14)5-6(9)11-12-13(5)2/h4H,3H2,1-2H3,(H,10,14). The minimum atomic E-state index is -0.184. The molecule has 1 aromatic heterocycles. The van der Waals surface area contributed by atoms with Crippen LogP contribution < -0.4 is 5.32 Å². The average Bonchev–Trinajstić information content (AvgIpc) is 2.46. The fourth-order valence-corrected chi connectivity index (χ4v) is 1.57. The predicted molar refractivity (Wildman–Crippen MR) is 59.4 cm³/mol. The van der Waals surface area contributed by atoms with Gasteiger partial charge in [-0.05, 0) is 22.9 Å². The number of nitrogens with zero attached hydrogens (tertiary/aromatic N) is 3.